The Morgan fingerprint density at radius 3 is 2.37 bits per heavy atom. The Labute approximate surface area is 221 Å². The number of methoxy groups -OCH3 is 2. The number of rotatable bonds is 11. The van der Waals surface area contributed by atoms with Crippen molar-refractivity contribution >= 4 is 23.6 Å². The van der Waals surface area contributed by atoms with Gasteiger partial charge in [-0.15, -0.1) is 0 Å². The predicted octanol–water partition coefficient (Wildman–Crippen LogP) is 4.56. The zero-order valence-corrected chi connectivity index (χ0v) is 21.7. The maximum absolute atomic E-state index is 13.2. The van der Waals surface area contributed by atoms with Gasteiger partial charge in [0.2, 0.25) is 11.8 Å². The van der Waals surface area contributed by atoms with Gasteiger partial charge in [0, 0.05) is 32.5 Å². The third-order valence-electron chi connectivity index (χ3n) is 5.35. The number of aryl methyl sites for hydroxylation is 2. The van der Waals surface area contributed by atoms with Crippen LogP contribution in [-0.4, -0.2) is 43.2 Å². The molecule has 3 rings (SSSR count). The van der Waals surface area contributed by atoms with Gasteiger partial charge in [-0.1, -0.05) is 0 Å². The van der Waals surface area contributed by atoms with E-state index in [0.29, 0.717) is 29.3 Å². The van der Waals surface area contributed by atoms with Crippen LogP contribution in [0.3, 0.4) is 0 Å². The van der Waals surface area contributed by atoms with Crippen LogP contribution in [0.15, 0.2) is 42.5 Å². The topological polar surface area (TPSA) is 142 Å². The van der Waals surface area contributed by atoms with Gasteiger partial charge < -0.3 is 24.8 Å². The van der Waals surface area contributed by atoms with Crippen LogP contribution in [0.5, 0.6) is 11.6 Å². The smallest absolute Gasteiger partial charge is 0.258 e. The number of carbonyl (C=O) groups is 1. The van der Waals surface area contributed by atoms with Crippen molar-refractivity contribution in [1.29, 1.82) is 10.5 Å². The molecule has 0 spiro atoms. The summed E-state index contributed by atoms with van der Waals surface area (Å²) < 4.78 is 16.7. The van der Waals surface area contributed by atoms with E-state index in [1.165, 1.54) is 13.2 Å². The average Bonchev–Trinajstić information content (AvgIpc) is 2.90. The highest BCUT2D eigenvalue weighted by atomic mass is 16.5. The van der Waals surface area contributed by atoms with Crippen LogP contribution in [0.2, 0.25) is 0 Å². The molecule has 0 unspecified atom stereocenters. The second kappa shape index (κ2) is 13.5. The molecule has 0 radical (unpaired) electrons. The lowest BCUT2D eigenvalue weighted by Crippen LogP contribution is -2.29. The first-order valence-corrected chi connectivity index (χ1v) is 11.7. The number of hydrogen-bond donors (Lipinski definition) is 2. The molecular formula is C28H28N6O4. The van der Waals surface area contributed by atoms with Gasteiger partial charge in [-0.2, -0.15) is 15.5 Å². The van der Waals surface area contributed by atoms with Gasteiger partial charge in [-0.05, 0) is 73.0 Å². The number of ether oxygens (including phenoxy) is 3. The lowest BCUT2D eigenvalue weighted by molar-refractivity contribution is 0.0927. The van der Waals surface area contributed by atoms with E-state index >= 15 is 0 Å². The monoisotopic (exact) mass is 512 g/mol. The number of carbonyl (C=O) groups excluding carboxylic acids is 1. The van der Waals surface area contributed by atoms with Crippen LogP contribution in [0, 0.1) is 36.5 Å². The Bertz CT molecular complexity index is 1380. The van der Waals surface area contributed by atoms with Crippen molar-refractivity contribution in [2.24, 2.45) is 0 Å². The van der Waals surface area contributed by atoms with Gasteiger partial charge in [-0.3, -0.25) is 4.79 Å². The molecule has 0 aliphatic carbocycles. The summed E-state index contributed by atoms with van der Waals surface area (Å²) in [5, 5.41) is 23.8. The summed E-state index contributed by atoms with van der Waals surface area (Å²) in [6.07, 6.45) is 3.11. The molecule has 38 heavy (non-hydrogen) atoms. The van der Waals surface area contributed by atoms with Crippen molar-refractivity contribution in [1.82, 2.24) is 15.3 Å². The summed E-state index contributed by atoms with van der Waals surface area (Å²) in [6.45, 7) is 4.39. The molecule has 3 aromatic rings. The summed E-state index contributed by atoms with van der Waals surface area (Å²) in [5.74, 6) is 0.327. The fourth-order valence-electron chi connectivity index (χ4n) is 3.67. The number of amides is 1. The van der Waals surface area contributed by atoms with Crippen molar-refractivity contribution < 1.29 is 19.0 Å². The number of allylic oxidation sites excluding steroid dienone is 1. The number of nitriles is 2. The Morgan fingerprint density at radius 2 is 1.76 bits per heavy atom. The maximum atomic E-state index is 13.2. The summed E-state index contributed by atoms with van der Waals surface area (Å²) in [4.78, 5) is 22.3. The van der Waals surface area contributed by atoms with Gasteiger partial charge in [0.25, 0.3) is 5.91 Å². The third kappa shape index (κ3) is 7.14. The van der Waals surface area contributed by atoms with Crippen LogP contribution < -0.4 is 15.4 Å². The highest BCUT2D eigenvalue weighted by Gasteiger charge is 2.24. The Kier molecular flexibility index (Phi) is 9.89. The molecule has 1 aromatic heterocycles. The van der Waals surface area contributed by atoms with E-state index < -0.39 is 5.91 Å². The van der Waals surface area contributed by atoms with Gasteiger partial charge in [-0.25, -0.2) is 4.98 Å². The Balaban J connectivity index is 2.10. The molecule has 1 heterocycles. The first-order chi connectivity index (χ1) is 18.4. The molecule has 0 bridgehead atoms. The van der Waals surface area contributed by atoms with Crippen LogP contribution in [0.25, 0.3) is 6.08 Å². The molecule has 0 atom stereocenters. The lowest BCUT2D eigenvalue weighted by Gasteiger charge is -2.18. The van der Waals surface area contributed by atoms with Crippen LogP contribution in [-0.2, 0) is 16.1 Å². The predicted molar refractivity (Wildman–Crippen MR) is 142 cm³/mol. The van der Waals surface area contributed by atoms with E-state index in [9.17, 15) is 4.79 Å². The quantitative estimate of drug-likeness (QED) is 0.279. The zero-order valence-electron chi connectivity index (χ0n) is 21.7. The molecule has 0 aliphatic heterocycles. The highest BCUT2D eigenvalue weighted by Crippen LogP contribution is 2.33. The van der Waals surface area contributed by atoms with E-state index in [1.54, 1.807) is 37.5 Å². The Morgan fingerprint density at radius 1 is 1.05 bits per heavy atom. The second-order valence-electron chi connectivity index (χ2n) is 8.22. The minimum atomic E-state index is -0.432. The number of hydrogen-bond acceptors (Lipinski definition) is 9. The molecule has 10 nitrogen and oxygen atoms in total. The van der Waals surface area contributed by atoms with E-state index in [1.807, 2.05) is 32.0 Å². The molecular weight excluding hydrogens is 484 g/mol. The van der Waals surface area contributed by atoms with Crippen molar-refractivity contribution in [3.8, 4) is 23.8 Å². The zero-order chi connectivity index (χ0) is 27.5. The van der Waals surface area contributed by atoms with Gasteiger partial charge >= 0.3 is 0 Å². The first-order valence-electron chi connectivity index (χ1n) is 11.7. The molecule has 1 amide bonds. The molecule has 0 saturated heterocycles. The second-order valence-corrected chi connectivity index (χ2v) is 8.22. The van der Waals surface area contributed by atoms with Crippen molar-refractivity contribution in [3.05, 3.63) is 76.0 Å². The molecule has 0 aliphatic rings. The fraction of sp³-hybridized carbons (Fsp3) is 0.250. The molecule has 2 N–H and O–H groups in total. The standard InChI is InChI=1S/C28H28N6O4/c1-18-14-21(6-5-11-29)15-19(2)25(18)38-27-24(26(35)31-12-13-36-3)23(17-37-4)33-28(34-27)32-22-9-7-20(16-30)8-10-22/h5-10,14-15H,12-13,17H2,1-4H3,(H,31,35)(H,32,33,34)/b6-5+. The third-order valence-corrected chi connectivity index (χ3v) is 5.35. The number of aromatic nitrogens is 2. The van der Waals surface area contributed by atoms with Crippen molar-refractivity contribution in [3.63, 3.8) is 0 Å². The van der Waals surface area contributed by atoms with E-state index in [-0.39, 0.29) is 30.5 Å². The van der Waals surface area contributed by atoms with Gasteiger partial charge in [0.1, 0.15) is 11.3 Å². The van der Waals surface area contributed by atoms with Crippen LogP contribution in [0.4, 0.5) is 11.6 Å². The Hall–Kier alpha value is -4.77. The fourth-order valence-corrected chi connectivity index (χ4v) is 3.67. The van der Waals surface area contributed by atoms with E-state index in [4.69, 9.17) is 24.7 Å². The summed E-state index contributed by atoms with van der Waals surface area (Å²) in [6, 6.07) is 14.6. The van der Waals surface area contributed by atoms with Gasteiger partial charge in [0.05, 0.1) is 36.6 Å². The lowest BCUT2D eigenvalue weighted by atomic mass is 10.1. The molecule has 10 heteroatoms. The molecule has 0 fully saturated rings. The minimum Gasteiger partial charge on any atom is -0.437 e. The number of benzene rings is 2. The number of nitrogens with zero attached hydrogens (tertiary/aromatic N) is 4. The maximum Gasteiger partial charge on any atom is 0.258 e. The SMILES string of the molecule is COCCNC(=O)c1c(COC)nc(Nc2ccc(C#N)cc2)nc1Oc1c(C)cc(/C=C/C#N)cc1C. The first kappa shape index (κ1) is 27.8. The summed E-state index contributed by atoms with van der Waals surface area (Å²) in [5.41, 5.74) is 4.06. The van der Waals surface area contributed by atoms with E-state index in [2.05, 4.69) is 26.7 Å². The van der Waals surface area contributed by atoms with E-state index in [0.717, 1.165) is 16.7 Å². The highest BCUT2D eigenvalue weighted by molar-refractivity contribution is 5.97. The van der Waals surface area contributed by atoms with Gasteiger partial charge in [0.15, 0.2) is 0 Å². The summed E-state index contributed by atoms with van der Waals surface area (Å²) in [7, 11) is 3.05. The average molecular weight is 513 g/mol. The number of nitrogens with one attached hydrogen (secondary N) is 2. The minimum absolute atomic E-state index is 0.0316. The number of anilines is 2. The largest absolute Gasteiger partial charge is 0.437 e. The molecule has 2 aromatic carbocycles. The van der Waals surface area contributed by atoms with Crippen molar-refractivity contribution in [2.45, 2.75) is 20.5 Å². The normalized spacial score (nSPS) is 10.6. The molecule has 194 valence electrons. The van der Waals surface area contributed by atoms with Crippen LogP contribution >= 0.6 is 0 Å². The molecule has 0 saturated carbocycles. The summed E-state index contributed by atoms with van der Waals surface area (Å²) >= 11 is 0. The van der Waals surface area contributed by atoms with Crippen molar-refractivity contribution in [2.75, 3.05) is 32.7 Å². The van der Waals surface area contributed by atoms with Crippen LogP contribution in [0.1, 0.15) is 38.3 Å².